The lowest BCUT2D eigenvalue weighted by atomic mass is 10.2. The topological polar surface area (TPSA) is 80.0 Å². The van der Waals surface area contributed by atoms with E-state index >= 15 is 0 Å². The molecule has 0 aliphatic carbocycles. The number of esters is 1. The largest absolute Gasteiger partial charge is 0.496 e. The Morgan fingerprint density at radius 1 is 1.12 bits per heavy atom. The van der Waals surface area contributed by atoms with E-state index in [0.29, 0.717) is 0 Å². The van der Waals surface area contributed by atoms with Crippen molar-refractivity contribution in [2.75, 3.05) is 26.6 Å². The van der Waals surface area contributed by atoms with Crippen molar-refractivity contribution in [3.63, 3.8) is 0 Å². The third kappa shape index (κ3) is 4.45. The van der Waals surface area contributed by atoms with Gasteiger partial charge in [-0.1, -0.05) is 11.6 Å². The fourth-order valence-electron chi connectivity index (χ4n) is 2.02. The molecular weight excluding hydrogens is 372 g/mol. The van der Waals surface area contributed by atoms with Crippen LogP contribution in [0.15, 0.2) is 24.3 Å². The Bertz CT molecular complexity index is 816. The predicted octanol–water partition coefficient (Wildman–Crippen LogP) is 3.34. The molecule has 0 spiro atoms. The lowest BCUT2D eigenvalue weighted by molar-refractivity contribution is -0.142. The van der Waals surface area contributed by atoms with E-state index in [2.05, 4.69) is 4.74 Å². The van der Waals surface area contributed by atoms with Crippen LogP contribution in [0.4, 0.5) is 14.5 Å². The van der Waals surface area contributed by atoms with Crippen LogP contribution in [0.1, 0.15) is 5.56 Å². The molecule has 0 aliphatic heterocycles. The maximum atomic E-state index is 14.0. The van der Waals surface area contributed by atoms with Gasteiger partial charge < -0.3 is 24.7 Å². The van der Waals surface area contributed by atoms with E-state index in [9.17, 15) is 13.6 Å². The Morgan fingerprint density at radius 3 is 2.46 bits per heavy atom. The second-order valence-corrected chi connectivity index (χ2v) is 5.42. The Hall–Kier alpha value is -2.74. The fraction of sp³-hybridized carbons (Fsp3) is 0.235. The summed E-state index contributed by atoms with van der Waals surface area (Å²) in [5, 5.41) is 0.173. The molecule has 140 valence electrons. The van der Waals surface area contributed by atoms with Crippen molar-refractivity contribution in [2.45, 2.75) is 6.61 Å². The van der Waals surface area contributed by atoms with Gasteiger partial charge in [-0.05, 0) is 12.1 Å². The number of carbonyl (C=O) groups is 1. The van der Waals surface area contributed by atoms with Crippen LogP contribution >= 0.6 is 11.6 Å². The molecule has 0 saturated carbocycles. The lowest BCUT2D eigenvalue weighted by Gasteiger charge is -2.15. The van der Waals surface area contributed by atoms with Crippen molar-refractivity contribution in [2.24, 2.45) is 0 Å². The van der Waals surface area contributed by atoms with Gasteiger partial charge in [0.15, 0.2) is 29.7 Å². The summed E-state index contributed by atoms with van der Waals surface area (Å²) in [6.45, 7) is -0.771. The molecule has 0 saturated heterocycles. The highest BCUT2D eigenvalue weighted by molar-refractivity contribution is 6.33. The summed E-state index contributed by atoms with van der Waals surface area (Å²) >= 11 is 5.94. The number of nitrogens with two attached hydrogens (primary N) is 1. The zero-order chi connectivity index (χ0) is 19.3. The number of methoxy groups -OCH3 is 2. The zero-order valence-corrected chi connectivity index (χ0v) is 14.7. The van der Waals surface area contributed by atoms with Gasteiger partial charge in [0.1, 0.15) is 12.4 Å². The molecule has 0 bridgehead atoms. The molecule has 0 heterocycles. The average molecular weight is 388 g/mol. The maximum Gasteiger partial charge on any atom is 0.343 e. The van der Waals surface area contributed by atoms with Crippen molar-refractivity contribution in [3.05, 3.63) is 46.5 Å². The highest BCUT2D eigenvalue weighted by Gasteiger charge is 2.17. The summed E-state index contributed by atoms with van der Waals surface area (Å²) in [4.78, 5) is 11.2. The second kappa shape index (κ2) is 8.57. The molecule has 26 heavy (non-hydrogen) atoms. The molecule has 6 nitrogen and oxygen atoms in total. The standard InChI is InChI=1S/C17H16ClF2NO5/c1-23-13-4-3-11(19)17(20)9(13)7-25-15-6-12(21)10(18)5-14(15)26-8-16(22)24-2/h3-6H,7-8,21H2,1-2H3. The number of halogens is 3. The van der Waals surface area contributed by atoms with Crippen LogP contribution in [0.5, 0.6) is 17.2 Å². The molecule has 0 aromatic heterocycles. The summed E-state index contributed by atoms with van der Waals surface area (Å²) in [7, 11) is 2.53. The molecule has 2 aromatic rings. The molecular formula is C17H16ClF2NO5. The fourth-order valence-corrected chi connectivity index (χ4v) is 2.18. The monoisotopic (exact) mass is 387 g/mol. The maximum absolute atomic E-state index is 14.0. The minimum Gasteiger partial charge on any atom is -0.496 e. The predicted molar refractivity (Wildman–Crippen MR) is 90.6 cm³/mol. The molecule has 0 atom stereocenters. The number of rotatable bonds is 7. The van der Waals surface area contributed by atoms with Gasteiger partial charge in [-0.3, -0.25) is 0 Å². The lowest BCUT2D eigenvalue weighted by Crippen LogP contribution is -2.13. The first-order valence-electron chi connectivity index (χ1n) is 7.29. The summed E-state index contributed by atoms with van der Waals surface area (Å²) in [5.74, 6) is -2.47. The minimum atomic E-state index is -1.09. The van der Waals surface area contributed by atoms with Gasteiger partial charge in [-0.2, -0.15) is 0 Å². The first-order chi connectivity index (χ1) is 12.4. The van der Waals surface area contributed by atoms with Crippen molar-refractivity contribution in [1.29, 1.82) is 0 Å². The summed E-state index contributed by atoms with van der Waals surface area (Å²) < 4.78 is 47.8. The molecule has 0 amide bonds. The summed E-state index contributed by atoms with van der Waals surface area (Å²) in [6.07, 6.45) is 0. The quantitative estimate of drug-likeness (QED) is 0.579. The van der Waals surface area contributed by atoms with Gasteiger partial charge >= 0.3 is 5.97 Å². The van der Waals surface area contributed by atoms with Crippen molar-refractivity contribution >= 4 is 23.3 Å². The van der Waals surface area contributed by atoms with Gasteiger partial charge in [0.25, 0.3) is 0 Å². The third-order valence-corrected chi connectivity index (χ3v) is 3.71. The van der Waals surface area contributed by atoms with E-state index in [1.54, 1.807) is 0 Å². The number of hydrogen-bond acceptors (Lipinski definition) is 6. The first kappa shape index (κ1) is 19.6. The smallest absolute Gasteiger partial charge is 0.343 e. The molecule has 2 N–H and O–H groups in total. The van der Waals surface area contributed by atoms with Crippen molar-refractivity contribution in [3.8, 4) is 17.2 Å². The number of ether oxygens (including phenoxy) is 4. The normalized spacial score (nSPS) is 10.3. The SMILES string of the molecule is COC(=O)COc1cc(Cl)c(N)cc1OCc1c(OC)ccc(F)c1F. The van der Waals surface area contributed by atoms with E-state index in [-0.39, 0.29) is 40.1 Å². The van der Waals surface area contributed by atoms with E-state index in [1.807, 2.05) is 0 Å². The Morgan fingerprint density at radius 2 is 1.81 bits per heavy atom. The number of hydrogen-bond donors (Lipinski definition) is 1. The van der Waals surface area contributed by atoms with Crippen LogP contribution in [0.25, 0.3) is 0 Å². The van der Waals surface area contributed by atoms with E-state index in [0.717, 1.165) is 6.07 Å². The molecule has 0 fully saturated rings. The molecule has 0 radical (unpaired) electrons. The van der Waals surface area contributed by atoms with Gasteiger partial charge in [-0.15, -0.1) is 0 Å². The minimum absolute atomic E-state index is 0.0847. The molecule has 0 aliphatic rings. The number of benzene rings is 2. The molecule has 2 aromatic carbocycles. The second-order valence-electron chi connectivity index (χ2n) is 5.02. The summed E-state index contributed by atoms with van der Waals surface area (Å²) in [5.41, 5.74) is 5.79. The average Bonchev–Trinajstić information content (AvgIpc) is 2.63. The first-order valence-corrected chi connectivity index (χ1v) is 7.67. The van der Waals surface area contributed by atoms with Crippen LogP contribution < -0.4 is 19.9 Å². The van der Waals surface area contributed by atoms with Gasteiger partial charge in [0.05, 0.1) is 30.5 Å². The van der Waals surface area contributed by atoms with Crippen LogP contribution in [0, 0.1) is 11.6 Å². The number of carbonyl (C=O) groups excluding carboxylic acids is 1. The molecule has 0 unspecified atom stereocenters. The molecule has 9 heteroatoms. The van der Waals surface area contributed by atoms with Crippen molar-refractivity contribution in [1.82, 2.24) is 0 Å². The van der Waals surface area contributed by atoms with Crippen LogP contribution in [-0.4, -0.2) is 26.8 Å². The highest BCUT2D eigenvalue weighted by Crippen LogP contribution is 2.36. The van der Waals surface area contributed by atoms with E-state index in [4.69, 9.17) is 31.5 Å². The summed E-state index contributed by atoms with van der Waals surface area (Å²) in [6, 6.07) is 4.91. The van der Waals surface area contributed by atoms with Gasteiger partial charge in [-0.25, -0.2) is 13.6 Å². The van der Waals surface area contributed by atoms with Crippen LogP contribution in [0.2, 0.25) is 5.02 Å². The van der Waals surface area contributed by atoms with Gasteiger partial charge in [0.2, 0.25) is 0 Å². The Labute approximate surface area is 153 Å². The van der Waals surface area contributed by atoms with E-state index < -0.39 is 24.2 Å². The van der Waals surface area contributed by atoms with E-state index in [1.165, 1.54) is 32.4 Å². The van der Waals surface area contributed by atoms with Crippen molar-refractivity contribution < 1.29 is 32.5 Å². The Kier molecular flexibility index (Phi) is 6.46. The number of nitrogen functional groups attached to an aromatic ring is 1. The number of anilines is 1. The highest BCUT2D eigenvalue weighted by atomic mass is 35.5. The molecule has 2 rings (SSSR count). The van der Waals surface area contributed by atoms with Crippen LogP contribution in [0.3, 0.4) is 0 Å². The Balaban J connectivity index is 2.28. The zero-order valence-electron chi connectivity index (χ0n) is 14.0. The third-order valence-electron chi connectivity index (χ3n) is 3.38. The van der Waals surface area contributed by atoms with Crippen LogP contribution in [-0.2, 0) is 16.1 Å². The van der Waals surface area contributed by atoms with Gasteiger partial charge in [0, 0.05) is 12.1 Å².